The van der Waals surface area contributed by atoms with E-state index < -0.39 is 0 Å². The molecule has 2 aromatic carbocycles. The van der Waals surface area contributed by atoms with Crippen LogP contribution in [0, 0.1) is 5.92 Å². The van der Waals surface area contributed by atoms with Crippen LogP contribution >= 0.6 is 0 Å². The molecule has 1 aliphatic heterocycles. The van der Waals surface area contributed by atoms with Crippen LogP contribution in [0.4, 0.5) is 0 Å². The Bertz CT molecular complexity index is 667. The van der Waals surface area contributed by atoms with Crippen LogP contribution in [0.25, 0.3) is 10.8 Å². The molecule has 1 aliphatic carbocycles. The summed E-state index contributed by atoms with van der Waals surface area (Å²) in [5.74, 6) is 0.956. The summed E-state index contributed by atoms with van der Waals surface area (Å²) >= 11 is 0. The molecule has 2 aliphatic rings. The third-order valence-electron chi connectivity index (χ3n) is 6.43. The molecule has 0 radical (unpaired) electrons. The molecule has 128 valence electrons. The Hall–Kier alpha value is -1.38. The van der Waals surface area contributed by atoms with Gasteiger partial charge in [0.1, 0.15) is 32.7 Å². The highest BCUT2D eigenvalue weighted by Gasteiger charge is 2.32. The SMILES string of the molecule is C[C@H]1CCC[C@@H]([NH+]2CC[NH+](Cc3cccc4ccccc34)CC2)C1. The number of benzene rings is 2. The van der Waals surface area contributed by atoms with Gasteiger partial charge in [-0.05, 0) is 29.5 Å². The minimum Gasteiger partial charge on any atom is -0.323 e. The largest absolute Gasteiger partial charge is 0.323 e. The van der Waals surface area contributed by atoms with E-state index in [2.05, 4.69) is 49.4 Å². The van der Waals surface area contributed by atoms with Gasteiger partial charge in [-0.15, -0.1) is 0 Å². The molecule has 0 amide bonds. The normalized spacial score (nSPS) is 31.2. The van der Waals surface area contributed by atoms with Crippen LogP contribution in [0.15, 0.2) is 42.5 Å². The predicted molar refractivity (Wildman–Crippen MR) is 100 cm³/mol. The molecule has 2 atom stereocenters. The first-order chi connectivity index (χ1) is 11.8. The van der Waals surface area contributed by atoms with Gasteiger partial charge in [0.25, 0.3) is 0 Å². The quantitative estimate of drug-likeness (QED) is 0.850. The second kappa shape index (κ2) is 7.25. The Balaban J connectivity index is 1.37. The van der Waals surface area contributed by atoms with Crippen LogP contribution in [0.3, 0.4) is 0 Å². The Labute approximate surface area is 146 Å². The predicted octanol–water partition coefficient (Wildman–Crippen LogP) is 1.70. The zero-order valence-corrected chi connectivity index (χ0v) is 15.1. The molecule has 2 nitrogen and oxygen atoms in total. The van der Waals surface area contributed by atoms with Crippen LogP contribution < -0.4 is 9.80 Å². The third-order valence-corrected chi connectivity index (χ3v) is 6.43. The van der Waals surface area contributed by atoms with Crippen LogP contribution in [0.1, 0.15) is 38.2 Å². The molecule has 0 spiro atoms. The van der Waals surface area contributed by atoms with Crippen molar-refractivity contribution in [3.63, 3.8) is 0 Å². The van der Waals surface area contributed by atoms with Gasteiger partial charge in [0.05, 0.1) is 6.04 Å². The highest BCUT2D eigenvalue weighted by molar-refractivity contribution is 5.85. The second-order valence-electron chi connectivity index (χ2n) is 8.19. The Morgan fingerprint density at radius 2 is 1.71 bits per heavy atom. The van der Waals surface area contributed by atoms with E-state index in [9.17, 15) is 0 Å². The van der Waals surface area contributed by atoms with Crippen LogP contribution in [-0.4, -0.2) is 32.2 Å². The van der Waals surface area contributed by atoms with Crippen molar-refractivity contribution in [2.75, 3.05) is 26.2 Å². The first-order valence-corrected chi connectivity index (χ1v) is 9.94. The fourth-order valence-corrected chi connectivity index (χ4v) is 5.03. The van der Waals surface area contributed by atoms with Crippen molar-refractivity contribution in [3.05, 3.63) is 48.0 Å². The molecule has 2 heteroatoms. The van der Waals surface area contributed by atoms with Crippen LogP contribution in [0.5, 0.6) is 0 Å². The second-order valence-corrected chi connectivity index (χ2v) is 8.19. The van der Waals surface area contributed by atoms with Gasteiger partial charge < -0.3 is 9.80 Å². The zero-order valence-electron chi connectivity index (χ0n) is 15.1. The van der Waals surface area contributed by atoms with Crippen LogP contribution in [0.2, 0.25) is 0 Å². The lowest BCUT2D eigenvalue weighted by atomic mass is 9.86. The third kappa shape index (κ3) is 3.50. The summed E-state index contributed by atoms with van der Waals surface area (Å²) in [4.78, 5) is 3.68. The fraction of sp³-hybridized carbons (Fsp3) is 0.545. The van der Waals surface area contributed by atoms with Crippen molar-refractivity contribution in [1.29, 1.82) is 0 Å². The van der Waals surface area contributed by atoms with Gasteiger partial charge in [-0.25, -0.2) is 0 Å². The number of quaternary nitrogens is 2. The minimum absolute atomic E-state index is 0.952. The van der Waals surface area contributed by atoms with Crippen LogP contribution in [-0.2, 0) is 6.54 Å². The van der Waals surface area contributed by atoms with Gasteiger partial charge in [0, 0.05) is 12.0 Å². The maximum Gasteiger partial charge on any atom is 0.127 e. The summed E-state index contributed by atoms with van der Waals surface area (Å²) in [7, 11) is 0. The average molecular weight is 325 g/mol. The lowest BCUT2D eigenvalue weighted by molar-refractivity contribution is -1.03. The molecular formula is C22H32N2+2. The summed E-state index contributed by atoms with van der Waals surface area (Å²) in [5.41, 5.74) is 1.53. The minimum atomic E-state index is 0.952. The molecule has 1 saturated carbocycles. The molecule has 2 aromatic rings. The van der Waals surface area contributed by atoms with Gasteiger partial charge in [-0.2, -0.15) is 0 Å². The summed E-state index contributed by atoms with van der Waals surface area (Å²) in [5, 5.41) is 2.83. The number of hydrogen-bond acceptors (Lipinski definition) is 0. The Morgan fingerprint density at radius 3 is 2.54 bits per heavy atom. The molecule has 0 unspecified atom stereocenters. The van der Waals surface area contributed by atoms with E-state index in [1.165, 1.54) is 74.7 Å². The first-order valence-electron chi connectivity index (χ1n) is 9.94. The number of rotatable bonds is 3. The van der Waals surface area contributed by atoms with Crippen molar-refractivity contribution in [2.45, 2.75) is 45.2 Å². The first kappa shape index (κ1) is 16.1. The van der Waals surface area contributed by atoms with Crippen molar-refractivity contribution < 1.29 is 9.80 Å². The number of piperazine rings is 1. The fourth-order valence-electron chi connectivity index (χ4n) is 5.03. The highest BCUT2D eigenvalue weighted by Crippen LogP contribution is 2.22. The Morgan fingerprint density at radius 1 is 0.917 bits per heavy atom. The summed E-state index contributed by atoms with van der Waals surface area (Å²) in [6, 6.07) is 16.6. The van der Waals surface area contributed by atoms with Crippen molar-refractivity contribution >= 4 is 10.8 Å². The molecular weight excluding hydrogens is 292 g/mol. The highest BCUT2D eigenvalue weighted by atomic mass is 15.3. The molecule has 2 fully saturated rings. The van der Waals surface area contributed by atoms with E-state index >= 15 is 0 Å². The molecule has 0 bridgehead atoms. The summed E-state index contributed by atoms with van der Waals surface area (Å²) in [6.07, 6.45) is 5.86. The maximum absolute atomic E-state index is 2.45. The summed E-state index contributed by atoms with van der Waals surface area (Å²) in [6.45, 7) is 9.06. The van der Waals surface area contributed by atoms with E-state index in [1.54, 1.807) is 4.90 Å². The average Bonchev–Trinajstić information content (AvgIpc) is 2.63. The van der Waals surface area contributed by atoms with Gasteiger partial charge in [0.15, 0.2) is 0 Å². The zero-order chi connectivity index (χ0) is 16.4. The lowest BCUT2D eigenvalue weighted by Gasteiger charge is -2.37. The standard InChI is InChI=1S/C22H30N2/c1-18-6-4-10-21(16-18)24-14-12-23(13-15-24)17-20-9-5-8-19-7-2-3-11-22(19)20/h2-3,5,7-9,11,18,21H,4,6,10,12-17H2,1H3/p+2/t18-,21+/m0/s1. The van der Waals surface area contributed by atoms with Gasteiger partial charge in [0.2, 0.25) is 0 Å². The van der Waals surface area contributed by atoms with Crippen molar-refractivity contribution in [3.8, 4) is 0 Å². The molecule has 24 heavy (non-hydrogen) atoms. The molecule has 1 heterocycles. The maximum atomic E-state index is 2.45. The van der Waals surface area contributed by atoms with Gasteiger partial charge in [-0.1, -0.05) is 55.8 Å². The Kier molecular flexibility index (Phi) is 4.86. The van der Waals surface area contributed by atoms with E-state index in [4.69, 9.17) is 0 Å². The summed E-state index contributed by atoms with van der Waals surface area (Å²) < 4.78 is 0. The van der Waals surface area contributed by atoms with E-state index in [0.29, 0.717) is 0 Å². The smallest absolute Gasteiger partial charge is 0.127 e. The van der Waals surface area contributed by atoms with E-state index in [1.807, 2.05) is 4.90 Å². The molecule has 1 saturated heterocycles. The number of hydrogen-bond donors (Lipinski definition) is 2. The molecule has 0 aromatic heterocycles. The van der Waals surface area contributed by atoms with Gasteiger partial charge >= 0.3 is 0 Å². The monoisotopic (exact) mass is 324 g/mol. The topological polar surface area (TPSA) is 8.88 Å². The molecule has 2 N–H and O–H groups in total. The van der Waals surface area contributed by atoms with Gasteiger partial charge in [-0.3, -0.25) is 0 Å². The number of nitrogens with one attached hydrogen (secondary N) is 2. The number of fused-ring (bicyclic) bond motifs is 1. The van der Waals surface area contributed by atoms with Crippen molar-refractivity contribution in [2.24, 2.45) is 5.92 Å². The van der Waals surface area contributed by atoms with E-state index in [-0.39, 0.29) is 0 Å². The lowest BCUT2D eigenvalue weighted by Crippen LogP contribution is -3.29. The van der Waals surface area contributed by atoms with E-state index in [0.717, 1.165) is 12.0 Å². The molecule has 4 rings (SSSR count). The van der Waals surface area contributed by atoms with Crippen molar-refractivity contribution in [1.82, 2.24) is 0 Å².